The predicted octanol–water partition coefficient (Wildman–Crippen LogP) is 6.80. The van der Waals surface area contributed by atoms with Gasteiger partial charge < -0.3 is 4.74 Å². The van der Waals surface area contributed by atoms with E-state index in [1.807, 2.05) is 0 Å². The smallest absolute Gasteiger partial charge is 0.257 e. The first kappa shape index (κ1) is 16.9. The fourth-order valence-corrected chi connectivity index (χ4v) is 6.67. The summed E-state index contributed by atoms with van der Waals surface area (Å²) in [5.74, 6) is 4.59. The van der Waals surface area contributed by atoms with Gasteiger partial charge in [0.25, 0.3) is 5.69 Å². The van der Waals surface area contributed by atoms with Crippen LogP contribution in [0.3, 0.4) is 0 Å². The molecule has 0 N–H and O–H groups in total. The van der Waals surface area contributed by atoms with Crippen molar-refractivity contribution in [1.29, 1.82) is 0 Å². The molecule has 0 spiro atoms. The molecule has 4 aromatic rings. The molecular formula is C28H26NO+. The van der Waals surface area contributed by atoms with Gasteiger partial charge in [0.1, 0.15) is 12.8 Å². The second-order valence-corrected chi connectivity index (χ2v) is 9.76. The van der Waals surface area contributed by atoms with Crippen LogP contribution in [0.1, 0.15) is 42.7 Å². The van der Waals surface area contributed by atoms with Crippen LogP contribution in [0.4, 0.5) is 0 Å². The molecule has 2 aliphatic carbocycles. The number of nitrogens with zero attached hydrogens (tertiary/aromatic N) is 1. The molecule has 7 rings (SSSR count). The van der Waals surface area contributed by atoms with E-state index in [4.69, 9.17) is 4.74 Å². The molecule has 3 unspecified atom stereocenters. The average molecular weight is 393 g/mol. The summed E-state index contributed by atoms with van der Waals surface area (Å²) in [5.41, 5.74) is 5.34. The Kier molecular flexibility index (Phi) is 3.29. The van der Waals surface area contributed by atoms with Crippen molar-refractivity contribution >= 4 is 21.5 Å². The van der Waals surface area contributed by atoms with Crippen LogP contribution >= 0.6 is 0 Å². The fraction of sp³-hybridized carbons (Fsp3) is 0.321. The summed E-state index contributed by atoms with van der Waals surface area (Å²) in [6.07, 6.45) is 7.95. The lowest BCUT2D eigenvalue weighted by Crippen LogP contribution is -2.32. The van der Waals surface area contributed by atoms with Gasteiger partial charge in [-0.25, -0.2) is 0 Å². The molecule has 148 valence electrons. The van der Waals surface area contributed by atoms with Gasteiger partial charge in [0.05, 0.1) is 5.56 Å². The summed E-state index contributed by atoms with van der Waals surface area (Å²) in [4.78, 5) is 0. The Morgan fingerprint density at radius 2 is 1.87 bits per heavy atom. The van der Waals surface area contributed by atoms with Crippen LogP contribution in [0.15, 0.2) is 54.7 Å². The topological polar surface area (TPSA) is 13.1 Å². The molecule has 30 heavy (non-hydrogen) atoms. The zero-order valence-electron chi connectivity index (χ0n) is 17.6. The molecule has 2 saturated carbocycles. The van der Waals surface area contributed by atoms with Crippen molar-refractivity contribution in [2.45, 2.75) is 38.5 Å². The molecule has 0 saturated heterocycles. The maximum atomic E-state index is 6.66. The lowest BCUT2D eigenvalue weighted by molar-refractivity contribution is -0.659. The predicted molar refractivity (Wildman–Crippen MR) is 121 cm³/mol. The molecule has 2 bridgehead atoms. The van der Waals surface area contributed by atoms with Crippen molar-refractivity contribution in [3.63, 3.8) is 0 Å². The Bertz CT molecular complexity index is 1370. The average Bonchev–Trinajstić information content (AvgIpc) is 3.39. The SMILES string of the molecule is Cc1ccc2cccc3c2c1-c1c(c2cc(C4CC5CCC4C5)ccc2c[n+]1C)O3. The third kappa shape index (κ3) is 2.17. The highest BCUT2D eigenvalue weighted by Crippen LogP contribution is 2.54. The van der Waals surface area contributed by atoms with E-state index in [1.165, 1.54) is 69.6 Å². The molecule has 2 fully saturated rings. The third-order valence-electron chi connectivity index (χ3n) is 8.05. The Labute approximate surface area is 177 Å². The first-order valence-electron chi connectivity index (χ1n) is 11.3. The minimum atomic E-state index is 0.735. The van der Waals surface area contributed by atoms with E-state index in [0.717, 1.165) is 29.3 Å². The Balaban J connectivity index is 1.51. The van der Waals surface area contributed by atoms with Crippen LogP contribution in [0.5, 0.6) is 11.5 Å². The van der Waals surface area contributed by atoms with Crippen molar-refractivity contribution in [1.82, 2.24) is 0 Å². The van der Waals surface area contributed by atoms with Gasteiger partial charge in [0.2, 0.25) is 5.75 Å². The Morgan fingerprint density at radius 1 is 0.967 bits per heavy atom. The standard InChI is InChI=1S/C28H26NO/c1-16-6-8-18-4-3-5-24-26(18)25(16)27-28(30-24)23-14-20(10-11-21(23)15-29(27)2)22-13-17-7-9-19(22)12-17/h3-6,8,10-11,14-15,17,19,22H,7,9,12-13H2,1-2H3/q+1. The van der Waals surface area contributed by atoms with Crippen molar-refractivity contribution in [2.75, 3.05) is 0 Å². The van der Waals surface area contributed by atoms with Crippen molar-refractivity contribution in [2.24, 2.45) is 18.9 Å². The lowest BCUT2D eigenvalue weighted by Gasteiger charge is -2.24. The van der Waals surface area contributed by atoms with E-state index >= 15 is 0 Å². The van der Waals surface area contributed by atoms with Gasteiger partial charge in [-0.05, 0) is 78.7 Å². The van der Waals surface area contributed by atoms with E-state index in [-0.39, 0.29) is 0 Å². The molecule has 1 aromatic heterocycles. The first-order chi connectivity index (χ1) is 14.7. The maximum Gasteiger partial charge on any atom is 0.257 e. The zero-order valence-corrected chi connectivity index (χ0v) is 17.6. The largest absolute Gasteiger partial charge is 0.449 e. The van der Waals surface area contributed by atoms with E-state index in [2.05, 4.69) is 73.3 Å². The maximum absolute atomic E-state index is 6.66. The zero-order chi connectivity index (χ0) is 20.0. The molecular weight excluding hydrogens is 366 g/mol. The van der Waals surface area contributed by atoms with Crippen LogP contribution in [0, 0.1) is 18.8 Å². The number of ether oxygens (including phenoxy) is 1. The molecule has 2 nitrogen and oxygen atoms in total. The van der Waals surface area contributed by atoms with Gasteiger partial charge in [0.15, 0.2) is 6.20 Å². The molecule has 3 aromatic carbocycles. The summed E-state index contributed by atoms with van der Waals surface area (Å²) < 4.78 is 8.91. The molecule has 0 amide bonds. The van der Waals surface area contributed by atoms with E-state index < -0.39 is 0 Å². The van der Waals surface area contributed by atoms with Crippen molar-refractivity contribution < 1.29 is 9.30 Å². The number of fused-ring (bicyclic) bond motifs is 6. The third-order valence-corrected chi connectivity index (χ3v) is 8.05. The van der Waals surface area contributed by atoms with Crippen molar-refractivity contribution in [3.8, 4) is 22.8 Å². The molecule has 3 aliphatic rings. The highest BCUT2D eigenvalue weighted by atomic mass is 16.5. The number of aromatic nitrogens is 1. The molecule has 2 heteroatoms. The minimum absolute atomic E-state index is 0.735. The quantitative estimate of drug-likeness (QED) is 0.286. The van der Waals surface area contributed by atoms with Gasteiger partial charge in [0, 0.05) is 16.2 Å². The van der Waals surface area contributed by atoms with E-state index in [0.29, 0.717) is 0 Å². The second kappa shape index (κ2) is 5.85. The van der Waals surface area contributed by atoms with Crippen LogP contribution in [-0.4, -0.2) is 0 Å². The van der Waals surface area contributed by atoms with Gasteiger partial charge >= 0.3 is 0 Å². The number of pyridine rings is 1. The monoisotopic (exact) mass is 392 g/mol. The lowest BCUT2D eigenvalue weighted by atomic mass is 9.82. The molecule has 0 radical (unpaired) electrons. The Hall–Kier alpha value is -2.87. The van der Waals surface area contributed by atoms with Crippen LogP contribution in [0.2, 0.25) is 0 Å². The summed E-state index contributed by atoms with van der Waals surface area (Å²) in [5, 5.41) is 5.00. The second-order valence-electron chi connectivity index (χ2n) is 9.76. The van der Waals surface area contributed by atoms with Crippen molar-refractivity contribution in [3.05, 3.63) is 65.9 Å². The van der Waals surface area contributed by atoms with Crippen LogP contribution in [-0.2, 0) is 7.05 Å². The van der Waals surface area contributed by atoms with Crippen LogP contribution in [0.25, 0.3) is 32.8 Å². The van der Waals surface area contributed by atoms with Gasteiger partial charge in [-0.3, -0.25) is 0 Å². The van der Waals surface area contributed by atoms with Gasteiger partial charge in [-0.2, -0.15) is 4.57 Å². The molecule has 1 aliphatic heterocycles. The number of hydrogen-bond donors (Lipinski definition) is 0. The number of rotatable bonds is 1. The van der Waals surface area contributed by atoms with Gasteiger partial charge in [-0.15, -0.1) is 0 Å². The Morgan fingerprint density at radius 3 is 2.70 bits per heavy atom. The summed E-state index contributed by atoms with van der Waals surface area (Å²) in [7, 11) is 2.15. The summed E-state index contributed by atoms with van der Waals surface area (Å²) in [6, 6.07) is 18.0. The highest BCUT2D eigenvalue weighted by molar-refractivity contribution is 6.06. The first-order valence-corrected chi connectivity index (χ1v) is 11.3. The highest BCUT2D eigenvalue weighted by Gasteiger charge is 2.40. The molecule has 2 heterocycles. The number of benzene rings is 3. The normalized spacial score (nSPS) is 23.7. The van der Waals surface area contributed by atoms with E-state index in [9.17, 15) is 0 Å². The summed E-state index contributed by atoms with van der Waals surface area (Å²) in [6.45, 7) is 2.22. The number of aryl methyl sites for hydroxylation is 2. The summed E-state index contributed by atoms with van der Waals surface area (Å²) >= 11 is 0. The van der Waals surface area contributed by atoms with E-state index in [1.54, 1.807) is 0 Å². The van der Waals surface area contributed by atoms with Crippen LogP contribution < -0.4 is 9.30 Å². The van der Waals surface area contributed by atoms with Gasteiger partial charge in [-0.1, -0.05) is 36.8 Å². The minimum Gasteiger partial charge on any atom is -0.449 e. The molecule has 3 atom stereocenters. The fourth-order valence-electron chi connectivity index (χ4n) is 6.67. The number of hydrogen-bond acceptors (Lipinski definition) is 1.